The molecule has 0 unspecified atom stereocenters. The van der Waals surface area contributed by atoms with Crippen LogP contribution in [0.4, 0.5) is 5.69 Å². The fourth-order valence-electron chi connectivity index (χ4n) is 7.23. The second kappa shape index (κ2) is 14.8. The Morgan fingerprint density at radius 1 is 0.527 bits per heavy atom. The molecule has 0 atom stereocenters. The molecule has 0 fully saturated rings. The summed E-state index contributed by atoms with van der Waals surface area (Å²) < 4.78 is 0. The van der Waals surface area contributed by atoms with Gasteiger partial charge in [0.05, 0.1) is 40.2 Å². The molecule has 0 spiro atoms. The first-order valence-corrected chi connectivity index (χ1v) is 17.4. The van der Waals surface area contributed by atoms with E-state index in [0.717, 1.165) is 55.8 Å². The number of nitro benzene ring substituents is 1. The van der Waals surface area contributed by atoms with Crippen LogP contribution in [0.3, 0.4) is 0 Å². The first kappa shape index (κ1) is 35.0. The van der Waals surface area contributed by atoms with Crippen molar-refractivity contribution in [3.8, 4) is 50.6 Å². The van der Waals surface area contributed by atoms with Gasteiger partial charge in [0.2, 0.25) is 0 Å². The van der Waals surface area contributed by atoms with E-state index in [4.69, 9.17) is 19.9 Å². The van der Waals surface area contributed by atoms with Crippen molar-refractivity contribution in [2.75, 3.05) is 0 Å². The Hall–Kier alpha value is -7.01. The van der Waals surface area contributed by atoms with Crippen LogP contribution in [-0.2, 0) is 25.9 Å². The molecule has 4 aromatic carbocycles. The molecule has 8 bridgehead atoms. The summed E-state index contributed by atoms with van der Waals surface area (Å²) in [5.41, 5.74) is 12.8. The summed E-state index contributed by atoms with van der Waals surface area (Å²) in [4.78, 5) is 32.5. The van der Waals surface area contributed by atoms with Crippen LogP contribution < -0.4 is 9.97 Å². The number of nitrogens with zero attached hydrogens (tertiary/aromatic N) is 6. The molecular weight excluding hydrogens is 734 g/mol. The smallest absolute Gasteiger partial charge is 0.657 e. The quantitative estimate of drug-likeness (QED) is 0.0939. The van der Waals surface area contributed by atoms with Crippen molar-refractivity contribution >= 4 is 52.1 Å². The van der Waals surface area contributed by atoms with E-state index in [1.54, 1.807) is 12.1 Å². The van der Waals surface area contributed by atoms with Gasteiger partial charge in [-0.1, -0.05) is 115 Å². The molecule has 0 aliphatic carbocycles. The number of rotatable bonds is 6. The van der Waals surface area contributed by atoms with E-state index in [9.17, 15) is 15.4 Å². The van der Waals surface area contributed by atoms with Crippen LogP contribution in [0.25, 0.3) is 90.9 Å². The van der Waals surface area contributed by atoms with Gasteiger partial charge in [0.15, 0.2) is 0 Å². The minimum absolute atomic E-state index is 0. The van der Waals surface area contributed by atoms with E-state index in [-0.39, 0.29) is 31.6 Å². The fraction of sp³-hybridized carbons (Fsp3) is 0.0217. The molecule has 2 aliphatic heterocycles. The maximum Gasteiger partial charge on any atom is 2.00 e. The van der Waals surface area contributed by atoms with Crippen molar-refractivity contribution in [1.29, 1.82) is 5.26 Å². The van der Waals surface area contributed by atoms with Gasteiger partial charge in [-0.25, -0.2) is 9.97 Å². The molecule has 2 aliphatic rings. The Kier molecular flexibility index (Phi) is 9.42. The summed E-state index contributed by atoms with van der Waals surface area (Å²) in [5, 5.41) is 21.5. The maximum absolute atomic E-state index is 11.9. The molecule has 0 saturated heterocycles. The Labute approximate surface area is 329 Å². The molecule has 9 rings (SSSR count). The van der Waals surface area contributed by atoms with Crippen LogP contribution in [0.2, 0.25) is 0 Å². The number of benzene rings is 4. The zero-order valence-corrected chi connectivity index (χ0v) is 32.4. The number of hydrogen-bond donors (Lipinski definition) is 0. The summed E-state index contributed by atoms with van der Waals surface area (Å²) in [6.45, 7) is 0. The third-order valence-electron chi connectivity index (χ3n) is 9.63. The predicted octanol–water partition coefficient (Wildman–Crippen LogP) is 10.6. The molecule has 8 nitrogen and oxygen atoms in total. The molecule has 3 aromatic heterocycles. The summed E-state index contributed by atoms with van der Waals surface area (Å²) in [5.74, 6) is 0. The van der Waals surface area contributed by atoms with Crippen LogP contribution in [0.1, 0.15) is 28.3 Å². The SMILES string of the molecule is N#CCc1cc(-c2c3nc(c(-c4ccccc4)c4ccc([n-]4)c(-c4ccccc4)c4nc(c(-c5ccccc5)c5ccc2[n-]5)C=C4)C=C3)ccc1[N+](=O)[O-].[Zn+2]. The number of hydrogen-bond acceptors (Lipinski definition) is 5. The van der Waals surface area contributed by atoms with E-state index in [2.05, 4.69) is 18.2 Å². The molecule has 55 heavy (non-hydrogen) atoms. The van der Waals surface area contributed by atoms with Crippen molar-refractivity contribution in [3.05, 3.63) is 172 Å². The van der Waals surface area contributed by atoms with Gasteiger partial charge in [0, 0.05) is 11.6 Å². The molecule has 0 saturated carbocycles. The van der Waals surface area contributed by atoms with E-state index in [1.807, 2.05) is 127 Å². The van der Waals surface area contributed by atoms with Crippen molar-refractivity contribution in [2.24, 2.45) is 0 Å². The number of nitriles is 1. The fourth-order valence-corrected chi connectivity index (χ4v) is 7.23. The van der Waals surface area contributed by atoms with Crippen LogP contribution in [0.5, 0.6) is 0 Å². The average molecular weight is 762 g/mol. The Morgan fingerprint density at radius 3 is 1.24 bits per heavy atom. The molecular formula is C46H28N6O2Zn. The molecule has 5 heterocycles. The monoisotopic (exact) mass is 760 g/mol. The summed E-state index contributed by atoms with van der Waals surface area (Å²) in [6, 6.07) is 45.2. The third kappa shape index (κ3) is 6.50. The maximum atomic E-state index is 11.9. The van der Waals surface area contributed by atoms with Gasteiger partial charge >= 0.3 is 19.5 Å². The summed E-state index contributed by atoms with van der Waals surface area (Å²) in [6.07, 6.45) is 7.87. The van der Waals surface area contributed by atoms with Gasteiger partial charge in [-0.2, -0.15) is 5.26 Å². The first-order valence-electron chi connectivity index (χ1n) is 17.4. The van der Waals surface area contributed by atoms with Crippen LogP contribution in [0.15, 0.2) is 133 Å². The predicted molar refractivity (Wildman–Crippen MR) is 215 cm³/mol. The molecule has 7 aromatic rings. The van der Waals surface area contributed by atoms with Crippen LogP contribution >= 0.6 is 0 Å². The standard InChI is InChI=1S/C46H28N6O2.Zn/c47-27-26-32-28-33(16-25-42(32)52(53)54)46-40-23-21-38(50-40)44(30-12-6-2-7-13-30)36-19-17-34(48-36)43(29-10-4-1-5-11-29)35-18-20-37(49-35)45(31-14-8-3-9-15-31)39-22-24-41(46)51-39;/h1-25,28H,26H2;/q-2;+2. The van der Waals surface area contributed by atoms with Gasteiger partial charge in [-0.05, 0) is 80.9 Å². The minimum atomic E-state index is -0.455. The van der Waals surface area contributed by atoms with Crippen molar-refractivity contribution in [2.45, 2.75) is 6.42 Å². The first-order chi connectivity index (χ1) is 26.6. The average Bonchev–Trinajstić information content (AvgIpc) is 4.04. The van der Waals surface area contributed by atoms with E-state index in [0.29, 0.717) is 39.1 Å². The van der Waals surface area contributed by atoms with Gasteiger partial charge in [0.1, 0.15) is 0 Å². The van der Waals surface area contributed by atoms with Gasteiger partial charge < -0.3 is 9.97 Å². The van der Waals surface area contributed by atoms with Gasteiger partial charge in [-0.15, -0.1) is 22.1 Å². The van der Waals surface area contributed by atoms with Gasteiger partial charge in [0.25, 0.3) is 5.69 Å². The molecule has 256 valence electrons. The molecule has 0 amide bonds. The van der Waals surface area contributed by atoms with Crippen LogP contribution in [-0.4, -0.2) is 14.9 Å². The normalized spacial score (nSPS) is 11.5. The second-order valence-electron chi connectivity index (χ2n) is 12.9. The summed E-state index contributed by atoms with van der Waals surface area (Å²) in [7, 11) is 0. The Morgan fingerprint density at radius 2 is 0.891 bits per heavy atom. The number of aromatic nitrogens is 4. The summed E-state index contributed by atoms with van der Waals surface area (Å²) >= 11 is 0. The zero-order chi connectivity index (χ0) is 36.6. The largest absolute Gasteiger partial charge is 2.00 e. The minimum Gasteiger partial charge on any atom is -0.657 e. The second-order valence-corrected chi connectivity index (χ2v) is 12.9. The van der Waals surface area contributed by atoms with Crippen molar-refractivity contribution in [1.82, 2.24) is 19.9 Å². The van der Waals surface area contributed by atoms with Crippen molar-refractivity contribution in [3.63, 3.8) is 0 Å². The Bertz CT molecular complexity index is 2850. The third-order valence-corrected chi connectivity index (χ3v) is 9.63. The number of fused-ring (bicyclic) bond motifs is 8. The van der Waals surface area contributed by atoms with Gasteiger partial charge in [-0.3, -0.25) is 10.1 Å². The van der Waals surface area contributed by atoms with E-state index < -0.39 is 4.92 Å². The topological polar surface area (TPSA) is 121 Å². The van der Waals surface area contributed by atoms with Crippen LogP contribution in [0, 0.1) is 21.4 Å². The van der Waals surface area contributed by atoms with Crippen molar-refractivity contribution < 1.29 is 24.4 Å². The molecule has 0 N–H and O–H groups in total. The Balaban J connectivity index is 0.00000427. The molecule has 0 radical (unpaired) electrons. The van der Waals surface area contributed by atoms with E-state index in [1.165, 1.54) is 6.07 Å². The molecule has 9 heteroatoms. The van der Waals surface area contributed by atoms with E-state index >= 15 is 0 Å². The number of nitro groups is 1. The zero-order valence-electron chi connectivity index (χ0n) is 29.4.